The molecule has 1 aliphatic heterocycles. The van der Waals surface area contributed by atoms with E-state index in [1.165, 1.54) is 4.90 Å². The molecule has 5 nitrogen and oxygen atoms in total. The molecule has 1 fully saturated rings. The van der Waals surface area contributed by atoms with Gasteiger partial charge in [-0.1, -0.05) is 44.2 Å². The van der Waals surface area contributed by atoms with Gasteiger partial charge in [-0.2, -0.15) is 0 Å². The molecule has 1 aromatic carbocycles. The van der Waals surface area contributed by atoms with Crippen LogP contribution in [-0.4, -0.2) is 27.8 Å². The molecule has 1 aliphatic rings. The van der Waals surface area contributed by atoms with Gasteiger partial charge in [0.05, 0.1) is 11.5 Å². The Morgan fingerprint density at radius 2 is 1.90 bits per heavy atom. The average Bonchev–Trinajstić information content (AvgIpc) is 2.61. The molecule has 21 heavy (non-hydrogen) atoms. The van der Waals surface area contributed by atoms with Gasteiger partial charge in [-0.25, -0.2) is 0 Å². The number of carboxylic acids is 1. The molecule has 2 amide bonds. The molecule has 1 saturated heterocycles. The minimum Gasteiger partial charge on any atom is -0.481 e. The molecule has 0 aromatic heterocycles. The standard InChI is InChI=1S/C16H19NO4/c1-16(2)10-13(18)17(15(16)21)12(8-9-14(19)20)11-6-4-3-5-7-11/h3-7,12H,8-10H2,1-2H3,(H,19,20). The van der Waals surface area contributed by atoms with Crippen LogP contribution in [0.25, 0.3) is 0 Å². The van der Waals surface area contributed by atoms with Crippen LogP contribution in [0.5, 0.6) is 0 Å². The molecule has 0 aliphatic carbocycles. The number of hydrogen-bond acceptors (Lipinski definition) is 3. The lowest BCUT2D eigenvalue weighted by Gasteiger charge is -2.27. The highest BCUT2D eigenvalue weighted by molar-refractivity contribution is 6.05. The van der Waals surface area contributed by atoms with E-state index in [0.29, 0.717) is 0 Å². The summed E-state index contributed by atoms with van der Waals surface area (Å²) in [7, 11) is 0. The van der Waals surface area contributed by atoms with Crippen molar-refractivity contribution >= 4 is 17.8 Å². The van der Waals surface area contributed by atoms with Crippen molar-refractivity contribution in [3.05, 3.63) is 35.9 Å². The zero-order valence-electron chi connectivity index (χ0n) is 12.2. The lowest BCUT2D eigenvalue weighted by atomic mass is 9.91. The number of nitrogens with zero attached hydrogens (tertiary/aromatic N) is 1. The fourth-order valence-electron chi connectivity index (χ4n) is 2.67. The largest absolute Gasteiger partial charge is 0.481 e. The number of aliphatic carboxylic acids is 1. The summed E-state index contributed by atoms with van der Waals surface area (Å²) in [6, 6.07) is 8.61. The molecule has 1 heterocycles. The first-order valence-corrected chi connectivity index (χ1v) is 6.96. The average molecular weight is 289 g/mol. The number of carboxylic acid groups (broad SMARTS) is 1. The summed E-state index contributed by atoms with van der Waals surface area (Å²) in [5.41, 5.74) is 0.0750. The Balaban J connectivity index is 2.34. The molecule has 5 heteroatoms. The van der Waals surface area contributed by atoms with Gasteiger partial charge in [0.25, 0.3) is 0 Å². The molecule has 2 rings (SSSR count). The van der Waals surface area contributed by atoms with Gasteiger partial charge in [-0.15, -0.1) is 0 Å². The predicted molar refractivity (Wildman–Crippen MR) is 76.3 cm³/mol. The highest BCUT2D eigenvalue weighted by Crippen LogP contribution is 2.38. The van der Waals surface area contributed by atoms with E-state index < -0.39 is 17.4 Å². The van der Waals surface area contributed by atoms with Crippen LogP contribution >= 0.6 is 0 Å². The van der Waals surface area contributed by atoms with E-state index in [-0.39, 0.29) is 31.1 Å². The topological polar surface area (TPSA) is 74.7 Å². The first-order valence-electron chi connectivity index (χ1n) is 6.96. The van der Waals surface area contributed by atoms with Gasteiger partial charge in [-0.05, 0) is 12.0 Å². The third kappa shape index (κ3) is 3.12. The highest BCUT2D eigenvalue weighted by atomic mass is 16.4. The van der Waals surface area contributed by atoms with Gasteiger partial charge in [-0.3, -0.25) is 19.3 Å². The van der Waals surface area contributed by atoms with Crippen molar-refractivity contribution in [2.45, 2.75) is 39.2 Å². The second-order valence-electron chi connectivity index (χ2n) is 5.99. The van der Waals surface area contributed by atoms with E-state index in [2.05, 4.69) is 0 Å². The van der Waals surface area contributed by atoms with Crippen molar-refractivity contribution in [2.24, 2.45) is 5.41 Å². The van der Waals surface area contributed by atoms with E-state index in [9.17, 15) is 14.4 Å². The van der Waals surface area contributed by atoms with Crippen molar-refractivity contribution in [3.8, 4) is 0 Å². The van der Waals surface area contributed by atoms with Gasteiger partial charge in [0.1, 0.15) is 0 Å². The monoisotopic (exact) mass is 289 g/mol. The molecule has 1 unspecified atom stereocenters. The first kappa shape index (κ1) is 15.2. The molecule has 0 bridgehead atoms. The number of carbonyl (C=O) groups excluding carboxylic acids is 2. The number of hydrogen-bond donors (Lipinski definition) is 1. The highest BCUT2D eigenvalue weighted by Gasteiger charge is 2.47. The Morgan fingerprint density at radius 3 is 2.38 bits per heavy atom. The smallest absolute Gasteiger partial charge is 0.303 e. The van der Waals surface area contributed by atoms with Crippen LogP contribution < -0.4 is 0 Å². The summed E-state index contributed by atoms with van der Waals surface area (Å²) < 4.78 is 0. The molecular weight excluding hydrogens is 270 g/mol. The number of benzene rings is 1. The Labute approximate surface area is 123 Å². The van der Waals surface area contributed by atoms with Crippen LogP contribution in [0, 0.1) is 5.41 Å². The van der Waals surface area contributed by atoms with Crippen LogP contribution in [0.4, 0.5) is 0 Å². The molecule has 1 N–H and O–H groups in total. The minimum absolute atomic E-state index is 0.0863. The molecule has 1 aromatic rings. The summed E-state index contributed by atoms with van der Waals surface area (Å²) in [6.45, 7) is 3.49. The third-order valence-electron chi connectivity index (χ3n) is 3.79. The minimum atomic E-state index is -0.936. The number of carbonyl (C=O) groups is 3. The van der Waals surface area contributed by atoms with E-state index >= 15 is 0 Å². The van der Waals surface area contributed by atoms with Crippen molar-refractivity contribution in [1.29, 1.82) is 0 Å². The zero-order chi connectivity index (χ0) is 15.6. The quantitative estimate of drug-likeness (QED) is 0.844. The van der Waals surface area contributed by atoms with Crippen molar-refractivity contribution in [1.82, 2.24) is 4.90 Å². The molecule has 1 atom stereocenters. The first-order chi connectivity index (χ1) is 9.83. The van der Waals surface area contributed by atoms with Crippen LogP contribution in [0.15, 0.2) is 30.3 Å². The van der Waals surface area contributed by atoms with Gasteiger partial charge in [0.15, 0.2) is 0 Å². The summed E-state index contributed by atoms with van der Waals surface area (Å²) >= 11 is 0. The van der Waals surface area contributed by atoms with E-state index in [1.807, 2.05) is 30.3 Å². The lowest BCUT2D eigenvalue weighted by Crippen LogP contribution is -2.36. The second kappa shape index (κ2) is 5.68. The second-order valence-corrected chi connectivity index (χ2v) is 5.99. The molecule has 0 saturated carbocycles. The molecule has 112 valence electrons. The van der Waals surface area contributed by atoms with E-state index in [0.717, 1.165) is 5.56 Å². The van der Waals surface area contributed by atoms with Crippen LogP contribution in [0.2, 0.25) is 0 Å². The maximum Gasteiger partial charge on any atom is 0.303 e. The summed E-state index contributed by atoms with van der Waals surface area (Å²) in [5, 5.41) is 8.90. The molecule has 0 radical (unpaired) electrons. The van der Waals surface area contributed by atoms with Gasteiger partial charge >= 0.3 is 5.97 Å². The fraction of sp³-hybridized carbons (Fsp3) is 0.438. The number of rotatable bonds is 5. The molecule has 0 spiro atoms. The third-order valence-corrected chi connectivity index (χ3v) is 3.79. The van der Waals surface area contributed by atoms with Crippen molar-refractivity contribution in [2.75, 3.05) is 0 Å². The summed E-state index contributed by atoms with van der Waals surface area (Å²) in [5.74, 6) is -1.40. The number of imide groups is 1. The van der Waals surface area contributed by atoms with Crippen LogP contribution in [0.1, 0.15) is 44.7 Å². The Kier molecular flexibility index (Phi) is 4.11. The van der Waals surface area contributed by atoms with Crippen LogP contribution in [0.3, 0.4) is 0 Å². The van der Waals surface area contributed by atoms with Gasteiger partial charge in [0.2, 0.25) is 11.8 Å². The van der Waals surface area contributed by atoms with Gasteiger partial charge in [0, 0.05) is 12.8 Å². The zero-order valence-corrected chi connectivity index (χ0v) is 12.2. The summed E-state index contributed by atoms with van der Waals surface area (Å²) in [4.78, 5) is 36.8. The van der Waals surface area contributed by atoms with Crippen LogP contribution in [-0.2, 0) is 14.4 Å². The predicted octanol–water partition coefficient (Wildman–Crippen LogP) is 2.38. The van der Waals surface area contributed by atoms with Crippen molar-refractivity contribution in [3.63, 3.8) is 0 Å². The Bertz CT molecular complexity index is 565. The number of likely N-dealkylation sites (tertiary alicyclic amines) is 1. The Hall–Kier alpha value is -2.17. The molecular formula is C16H19NO4. The SMILES string of the molecule is CC1(C)CC(=O)N(C(CCC(=O)O)c2ccccc2)C1=O. The van der Waals surface area contributed by atoms with E-state index in [4.69, 9.17) is 5.11 Å². The lowest BCUT2D eigenvalue weighted by molar-refractivity contribution is -0.145. The van der Waals surface area contributed by atoms with E-state index in [1.54, 1.807) is 13.8 Å². The fourth-order valence-corrected chi connectivity index (χ4v) is 2.67. The summed E-state index contributed by atoms with van der Waals surface area (Å²) in [6.07, 6.45) is 0.312. The Morgan fingerprint density at radius 1 is 1.29 bits per heavy atom. The maximum atomic E-state index is 12.5. The number of amides is 2. The van der Waals surface area contributed by atoms with Gasteiger partial charge < -0.3 is 5.11 Å². The normalized spacial score (nSPS) is 18.9. The van der Waals surface area contributed by atoms with Crippen molar-refractivity contribution < 1.29 is 19.5 Å². The maximum absolute atomic E-state index is 12.5.